The van der Waals surface area contributed by atoms with E-state index < -0.39 is 0 Å². The number of benzene rings is 4. The molecule has 44 heavy (non-hydrogen) atoms. The summed E-state index contributed by atoms with van der Waals surface area (Å²) in [4.78, 5) is 23.9. The molecule has 4 aromatic carbocycles. The number of hydrogen-bond donors (Lipinski definition) is 2. The normalized spacial score (nSPS) is 12.7. The fourth-order valence-corrected chi connectivity index (χ4v) is 4.91. The molecule has 0 aliphatic carbocycles. The van der Waals surface area contributed by atoms with Gasteiger partial charge in [-0.05, 0) is 73.9 Å². The van der Waals surface area contributed by atoms with E-state index in [-0.39, 0.29) is 23.1 Å². The predicted octanol–water partition coefficient (Wildman–Crippen LogP) is 9.47. The van der Waals surface area contributed by atoms with Crippen molar-refractivity contribution in [1.29, 1.82) is 0 Å². The first-order chi connectivity index (χ1) is 21.2. The summed E-state index contributed by atoms with van der Waals surface area (Å²) in [6.07, 6.45) is 5.41. The summed E-state index contributed by atoms with van der Waals surface area (Å²) in [7, 11) is 0. The van der Waals surface area contributed by atoms with Crippen LogP contribution >= 0.6 is 0 Å². The average molecular weight is 585 g/mol. The van der Waals surface area contributed by atoms with Crippen molar-refractivity contribution in [3.05, 3.63) is 178 Å². The summed E-state index contributed by atoms with van der Waals surface area (Å²) in [5, 5.41) is 19.9. The molecule has 0 atom stereocenters. The van der Waals surface area contributed by atoms with Crippen molar-refractivity contribution in [2.24, 2.45) is 0 Å². The highest BCUT2D eigenvalue weighted by Gasteiger charge is 2.17. The molecular formula is C40H40O4. The first-order valence-corrected chi connectivity index (χ1v) is 14.6. The van der Waals surface area contributed by atoms with Gasteiger partial charge in [-0.2, -0.15) is 0 Å². The Kier molecular flexibility index (Phi) is 12.9. The van der Waals surface area contributed by atoms with Crippen LogP contribution in [0.2, 0.25) is 0 Å². The van der Waals surface area contributed by atoms with E-state index in [0.717, 1.165) is 33.4 Å². The molecule has 4 rings (SSSR count). The molecule has 0 aromatic heterocycles. The molecule has 0 unspecified atom stereocenters. The fraction of sp³-hybridized carbons (Fsp3) is 0.150. The molecule has 0 aliphatic heterocycles. The van der Waals surface area contributed by atoms with Crippen LogP contribution in [0.5, 0.6) is 0 Å². The zero-order valence-corrected chi connectivity index (χ0v) is 25.8. The summed E-state index contributed by atoms with van der Waals surface area (Å²) in [5.41, 5.74) is 6.48. The highest BCUT2D eigenvalue weighted by Crippen LogP contribution is 2.28. The highest BCUT2D eigenvalue weighted by molar-refractivity contribution is 6.10. The zero-order valence-electron chi connectivity index (χ0n) is 25.8. The van der Waals surface area contributed by atoms with E-state index in [1.54, 1.807) is 13.8 Å². The molecule has 2 N–H and O–H groups in total. The molecule has 0 bridgehead atoms. The minimum Gasteiger partial charge on any atom is -0.512 e. The van der Waals surface area contributed by atoms with Gasteiger partial charge in [0, 0.05) is 0 Å². The molecule has 0 aliphatic rings. The molecule has 4 heteroatoms. The molecule has 0 amide bonds. The maximum atomic E-state index is 12.0. The largest absolute Gasteiger partial charge is 0.512 e. The van der Waals surface area contributed by atoms with Crippen LogP contribution in [0.4, 0.5) is 0 Å². The van der Waals surface area contributed by atoms with Crippen LogP contribution in [-0.2, 0) is 22.4 Å². The van der Waals surface area contributed by atoms with Crippen molar-refractivity contribution in [3.63, 3.8) is 0 Å². The number of rotatable bonds is 10. The standard InChI is InChI=1S/2C20H20O2/c2*1-15(21)20(16(2)22)19(18-11-7-4-8-12-18)14-13-17-9-5-3-6-10-17/h2*3-12,14,21H,13H2,1-2H3/b2*19-14-,20-15+. The van der Waals surface area contributed by atoms with Crippen molar-refractivity contribution in [2.45, 2.75) is 40.5 Å². The number of hydrogen-bond acceptors (Lipinski definition) is 4. The van der Waals surface area contributed by atoms with Gasteiger partial charge < -0.3 is 10.2 Å². The molecule has 0 fully saturated rings. The maximum absolute atomic E-state index is 12.0. The Morgan fingerprint density at radius 2 is 0.750 bits per heavy atom. The lowest BCUT2D eigenvalue weighted by molar-refractivity contribution is -0.114. The number of carbonyl (C=O) groups is 2. The number of aliphatic hydroxyl groups is 2. The van der Waals surface area contributed by atoms with Gasteiger partial charge in [0.25, 0.3) is 0 Å². The molecule has 4 nitrogen and oxygen atoms in total. The second kappa shape index (κ2) is 17.0. The molecule has 0 heterocycles. The van der Waals surface area contributed by atoms with Crippen LogP contribution in [-0.4, -0.2) is 21.8 Å². The van der Waals surface area contributed by atoms with Gasteiger partial charge in [0.1, 0.15) is 11.5 Å². The maximum Gasteiger partial charge on any atom is 0.163 e. The third kappa shape index (κ3) is 9.95. The van der Waals surface area contributed by atoms with Crippen LogP contribution in [0.15, 0.2) is 156 Å². The monoisotopic (exact) mass is 584 g/mol. The molecule has 0 saturated carbocycles. The molecule has 4 aromatic rings. The van der Waals surface area contributed by atoms with E-state index in [2.05, 4.69) is 0 Å². The van der Waals surface area contributed by atoms with Crippen LogP contribution in [0.25, 0.3) is 11.1 Å². The quantitative estimate of drug-likeness (QED) is 0.111. The summed E-state index contributed by atoms with van der Waals surface area (Å²) >= 11 is 0. The Morgan fingerprint density at radius 3 is 1.00 bits per heavy atom. The van der Waals surface area contributed by atoms with E-state index in [1.807, 2.05) is 133 Å². The van der Waals surface area contributed by atoms with Crippen LogP contribution in [0.3, 0.4) is 0 Å². The minimum absolute atomic E-state index is 0.0515. The molecule has 0 spiro atoms. The van der Waals surface area contributed by atoms with Gasteiger partial charge in [-0.15, -0.1) is 0 Å². The van der Waals surface area contributed by atoms with Gasteiger partial charge in [0.15, 0.2) is 11.6 Å². The van der Waals surface area contributed by atoms with Crippen LogP contribution < -0.4 is 0 Å². The summed E-state index contributed by atoms with van der Waals surface area (Å²) in [6, 6.07) is 39.4. The summed E-state index contributed by atoms with van der Waals surface area (Å²) in [5.74, 6) is -0.169. The lowest BCUT2D eigenvalue weighted by atomic mass is 9.92. The van der Waals surface area contributed by atoms with Crippen molar-refractivity contribution in [3.8, 4) is 0 Å². The lowest BCUT2D eigenvalue weighted by Crippen LogP contribution is -2.04. The van der Waals surface area contributed by atoms with Gasteiger partial charge >= 0.3 is 0 Å². The van der Waals surface area contributed by atoms with Gasteiger partial charge in [-0.1, -0.05) is 133 Å². The topological polar surface area (TPSA) is 74.6 Å². The highest BCUT2D eigenvalue weighted by atomic mass is 16.3. The molecular weight excluding hydrogens is 544 g/mol. The number of aliphatic hydroxyl groups excluding tert-OH is 2. The minimum atomic E-state index is -0.136. The van der Waals surface area contributed by atoms with Crippen molar-refractivity contribution in [1.82, 2.24) is 0 Å². The van der Waals surface area contributed by atoms with Crippen molar-refractivity contribution in [2.75, 3.05) is 0 Å². The number of allylic oxidation sites excluding steroid dienone is 8. The smallest absolute Gasteiger partial charge is 0.163 e. The lowest BCUT2D eigenvalue weighted by Gasteiger charge is -2.12. The van der Waals surface area contributed by atoms with E-state index >= 15 is 0 Å². The predicted molar refractivity (Wildman–Crippen MR) is 181 cm³/mol. The Bertz CT molecular complexity index is 1510. The van der Waals surface area contributed by atoms with Crippen LogP contribution in [0, 0.1) is 0 Å². The Labute approximate surface area is 261 Å². The third-order valence-electron chi connectivity index (χ3n) is 6.91. The van der Waals surface area contributed by atoms with Gasteiger partial charge in [0.05, 0.1) is 11.1 Å². The molecule has 224 valence electrons. The first kappa shape index (κ1) is 33.3. The average Bonchev–Trinajstić information content (AvgIpc) is 3.02. The van der Waals surface area contributed by atoms with E-state index in [1.165, 1.54) is 13.8 Å². The Balaban J connectivity index is 0.000000240. The number of Topliss-reactive ketones (excluding diaryl/α,β-unsaturated/α-hetero) is 2. The summed E-state index contributed by atoms with van der Waals surface area (Å²) in [6.45, 7) is 6.06. The van der Waals surface area contributed by atoms with Crippen molar-refractivity contribution >= 4 is 22.7 Å². The summed E-state index contributed by atoms with van der Waals surface area (Å²) < 4.78 is 0. The molecule has 0 radical (unpaired) electrons. The number of ketones is 2. The van der Waals surface area contributed by atoms with Crippen LogP contribution in [0.1, 0.15) is 49.9 Å². The molecule has 0 saturated heterocycles. The van der Waals surface area contributed by atoms with E-state index in [9.17, 15) is 19.8 Å². The SMILES string of the molecule is CC(=O)C(/C(=C\Cc1ccccc1)c1ccccc1)=C(/C)O.CC(=O)C(/C(=C\Cc1ccccc1)c1ccccc1)=C(/C)O. The van der Waals surface area contributed by atoms with E-state index in [0.29, 0.717) is 24.0 Å². The van der Waals surface area contributed by atoms with Gasteiger partial charge in [0.2, 0.25) is 0 Å². The zero-order chi connectivity index (χ0) is 31.9. The van der Waals surface area contributed by atoms with E-state index in [4.69, 9.17) is 0 Å². The first-order valence-electron chi connectivity index (χ1n) is 14.6. The second-order valence-corrected chi connectivity index (χ2v) is 10.4. The third-order valence-corrected chi connectivity index (χ3v) is 6.91. The number of carbonyl (C=O) groups excluding carboxylic acids is 2. The van der Waals surface area contributed by atoms with Gasteiger partial charge in [-0.25, -0.2) is 0 Å². The Hall–Kier alpha value is -5.22. The Morgan fingerprint density at radius 1 is 0.477 bits per heavy atom. The van der Waals surface area contributed by atoms with Crippen molar-refractivity contribution < 1.29 is 19.8 Å². The van der Waals surface area contributed by atoms with Gasteiger partial charge in [-0.3, -0.25) is 9.59 Å². The second-order valence-electron chi connectivity index (χ2n) is 10.4. The fourth-order valence-electron chi connectivity index (χ4n) is 4.91.